The largest absolute Gasteiger partial charge is 0.436 e. The average Bonchev–Trinajstić information content (AvgIpc) is 3.17. The standard InChI is InChI=1S/C26H26N2O2/c1-5-17(3)20-9-13-24-23(15-20)28-26(30-24)19-7-10-21(11-8-19)27-25(29)22-12-6-16(2)14-18(22)4/h6-15,17H,5H2,1-4H3,(H,27,29)/t17-/m1/s1. The number of amides is 1. The zero-order valence-corrected chi connectivity index (χ0v) is 17.8. The van der Waals surface area contributed by atoms with Crippen LogP contribution in [-0.2, 0) is 0 Å². The van der Waals surface area contributed by atoms with Gasteiger partial charge in [0.2, 0.25) is 5.89 Å². The second-order valence-corrected chi connectivity index (χ2v) is 7.91. The Bertz CT molecular complexity index is 1210. The number of nitrogens with one attached hydrogen (secondary N) is 1. The first-order chi connectivity index (χ1) is 14.4. The number of oxazole rings is 1. The van der Waals surface area contributed by atoms with Crippen LogP contribution in [0.5, 0.6) is 0 Å². The number of nitrogens with zero attached hydrogens (tertiary/aromatic N) is 1. The molecule has 0 spiro atoms. The molecule has 0 saturated heterocycles. The quantitative estimate of drug-likeness (QED) is 0.399. The van der Waals surface area contributed by atoms with E-state index < -0.39 is 0 Å². The molecule has 4 heteroatoms. The molecule has 0 aliphatic heterocycles. The molecule has 4 nitrogen and oxygen atoms in total. The maximum atomic E-state index is 12.6. The van der Waals surface area contributed by atoms with Gasteiger partial charge in [0.05, 0.1) is 0 Å². The van der Waals surface area contributed by atoms with E-state index >= 15 is 0 Å². The highest BCUT2D eigenvalue weighted by atomic mass is 16.3. The topological polar surface area (TPSA) is 55.1 Å². The predicted octanol–water partition coefficient (Wildman–Crippen LogP) is 6.88. The monoisotopic (exact) mass is 398 g/mol. The molecule has 1 aromatic heterocycles. The molecule has 152 valence electrons. The van der Waals surface area contributed by atoms with E-state index in [1.807, 2.05) is 62.4 Å². The normalized spacial score (nSPS) is 12.1. The van der Waals surface area contributed by atoms with Crippen LogP contribution in [0.1, 0.15) is 53.2 Å². The number of carbonyl (C=O) groups is 1. The molecule has 1 heterocycles. The third-order valence-electron chi connectivity index (χ3n) is 5.61. The molecule has 3 aromatic carbocycles. The van der Waals surface area contributed by atoms with Crippen molar-refractivity contribution >= 4 is 22.7 Å². The van der Waals surface area contributed by atoms with Gasteiger partial charge in [0.1, 0.15) is 5.52 Å². The van der Waals surface area contributed by atoms with Gasteiger partial charge < -0.3 is 9.73 Å². The number of hydrogen-bond donors (Lipinski definition) is 1. The van der Waals surface area contributed by atoms with E-state index in [1.54, 1.807) is 0 Å². The summed E-state index contributed by atoms with van der Waals surface area (Å²) in [5.74, 6) is 0.966. The summed E-state index contributed by atoms with van der Waals surface area (Å²) in [6, 6.07) is 19.6. The third kappa shape index (κ3) is 3.99. The van der Waals surface area contributed by atoms with Gasteiger partial charge in [-0.15, -0.1) is 0 Å². The number of carbonyl (C=O) groups excluding carboxylic acids is 1. The minimum Gasteiger partial charge on any atom is -0.436 e. The second-order valence-electron chi connectivity index (χ2n) is 7.91. The number of hydrogen-bond acceptors (Lipinski definition) is 3. The van der Waals surface area contributed by atoms with Gasteiger partial charge in [-0.3, -0.25) is 4.79 Å². The van der Waals surface area contributed by atoms with Gasteiger partial charge in [0.15, 0.2) is 5.58 Å². The van der Waals surface area contributed by atoms with Crippen LogP contribution in [0, 0.1) is 13.8 Å². The fraction of sp³-hybridized carbons (Fsp3) is 0.231. The van der Waals surface area contributed by atoms with Gasteiger partial charge in [-0.05, 0) is 79.8 Å². The lowest BCUT2D eigenvalue weighted by Crippen LogP contribution is -2.13. The number of fused-ring (bicyclic) bond motifs is 1. The summed E-state index contributed by atoms with van der Waals surface area (Å²) in [6.07, 6.45) is 1.09. The van der Waals surface area contributed by atoms with Gasteiger partial charge in [-0.1, -0.05) is 37.6 Å². The molecular weight excluding hydrogens is 372 g/mol. The number of aryl methyl sites for hydroxylation is 2. The van der Waals surface area contributed by atoms with Crippen molar-refractivity contribution in [1.29, 1.82) is 0 Å². The average molecular weight is 399 g/mol. The van der Waals surface area contributed by atoms with E-state index in [0.717, 1.165) is 39.9 Å². The molecule has 0 aliphatic rings. The Morgan fingerprint density at radius 1 is 1.03 bits per heavy atom. The van der Waals surface area contributed by atoms with E-state index in [4.69, 9.17) is 4.42 Å². The molecule has 0 fully saturated rings. The fourth-order valence-corrected chi connectivity index (χ4v) is 3.57. The number of benzene rings is 3. The van der Waals surface area contributed by atoms with Crippen LogP contribution in [0.2, 0.25) is 0 Å². The van der Waals surface area contributed by atoms with Crippen molar-refractivity contribution in [1.82, 2.24) is 4.98 Å². The van der Waals surface area contributed by atoms with Gasteiger partial charge in [0.25, 0.3) is 5.91 Å². The smallest absolute Gasteiger partial charge is 0.255 e. The highest BCUT2D eigenvalue weighted by Crippen LogP contribution is 2.28. The van der Waals surface area contributed by atoms with Gasteiger partial charge in [0, 0.05) is 16.8 Å². The lowest BCUT2D eigenvalue weighted by molar-refractivity contribution is 0.102. The zero-order chi connectivity index (χ0) is 21.3. The third-order valence-corrected chi connectivity index (χ3v) is 5.61. The Balaban J connectivity index is 1.53. The van der Waals surface area contributed by atoms with Gasteiger partial charge >= 0.3 is 0 Å². The van der Waals surface area contributed by atoms with Crippen LogP contribution in [-0.4, -0.2) is 10.9 Å². The van der Waals surface area contributed by atoms with Crippen LogP contribution in [0.15, 0.2) is 65.1 Å². The first-order valence-corrected chi connectivity index (χ1v) is 10.3. The SMILES string of the molecule is CC[C@@H](C)c1ccc2oc(-c3ccc(NC(=O)c4ccc(C)cc4C)cc3)nc2c1. The number of aromatic nitrogens is 1. The number of rotatable bonds is 5. The van der Waals surface area contributed by atoms with Crippen molar-refractivity contribution in [3.8, 4) is 11.5 Å². The Kier molecular flexibility index (Phi) is 5.40. The Morgan fingerprint density at radius 2 is 1.80 bits per heavy atom. The lowest BCUT2D eigenvalue weighted by atomic mass is 9.98. The molecule has 1 amide bonds. The van der Waals surface area contributed by atoms with Crippen molar-refractivity contribution in [2.45, 2.75) is 40.0 Å². The Morgan fingerprint density at radius 3 is 2.50 bits per heavy atom. The Hall–Kier alpha value is -3.40. The molecule has 1 N–H and O–H groups in total. The Labute approximate surface area is 177 Å². The molecule has 0 unspecified atom stereocenters. The van der Waals surface area contributed by atoms with Gasteiger partial charge in [-0.2, -0.15) is 0 Å². The molecule has 30 heavy (non-hydrogen) atoms. The summed E-state index contributed by atoms with van der Waals surface area (Å²) in [5, 5.41) is 2.96. The highest BCUT2D eigenvalue weighted by Gasteiger charge is 2.12. The molecular formula is C26H26N2O2. The molecule has 1 atom stereocenters. The zero-order valence-electron chi connectivity index (χ0n) is 17.8. The van der Waals surface area contributed by atoms with Crippen molar-refractivity contribution in [3.05, 3.63) is 82.9 Å². The van der Waals surface area contributed by atoms with Gasteiger partial charge in [-0.25, -0.2) is 4.98 Å². The molecule has 0 bridgehead atoms. The number of anilines is 1. The summed E-state index contributed by atoms with van der Waals surface area (Å²) in [6.45, 7) is 8.37. The van der Waals surface area contributed by atoms with E-state index in [9.17, 15) is 4.79 Å². The van der Waals surface area contributed by atoms with Crippen LogP contribution >= 0.6 is 0 Å². The first kappa shape index (κ1) is 19.9. The van der Waals surface area contributed by atoms with Crippen molar-refractivity contribution in [2.24, 2.45) is 0 Å². The molecule has 0 aliphatic carbocycles. The molecule has 0 saturated carbocycles. The predicted molar refractivity (Wildman–Crippen MR) is 122 cm³/mol. The van der Waals surface area contributed by atoms with Crippen LogP contribution in [0.25, 0.3) is 22.6 Å². The summed E-state index contributed by atoms with van der Waals surface area (Å²) in [7, 11) is 0. The summed E-state index contributed by atoms with van der Waals surface area (Å²) in [4.78, 5) is 17.3. The maximum Gasteiger partial charge on any atom is 0.255 e. The maximum absolute atomic E-state index is 12.6. The summed E-state index contributed by atoms with van der Waals surface area (Å²) in [5.41, 5.74) is 7.32. The van der Waals surface area contributed by atoms with Crippen LogP contribution < -0.4 is 5.32 Å². The highest BCUT2D eigenvalue weighted by molar-refractivity contribution is 6.05. The van der Waals surface area contributed by atoms with E-state index in [2.05, 4.69) is 36.3 Å². The molecule has 4 aromatic rings. The van der Waals surface area contributed by atoms with Crippen molar-refractivity contribution < 1.29 is 9.21 Å². The summed E-state index contributed by atoms with van der Waals surface area (Å²) >= 11 is 0. The fourth-order valence-electron chi connectivity index (χ4n) is 3.57. The van der Waals surface area contributed by atoms with Crippen LogP contribution in [0.4, 0.5) is 5.69 Å². The minimum atomic E-state index is -0.111. The first-order valence-electron chi connectivity index (χ1n) is 10.3. The lowest BCUT2D eigenvalue weighted by Gasteiger charge is -2.08. The van der Waals surface area contributed by atoms with Crippen molar-refractivity contribution in [3.63, 3.8) is 0 Å². The van der Waals surface area contributed by atoms with E-state index in [1.165, 1.54) is 5.56 Å². The minimum absolute atomic E-state index is 0.111. The molecule has 4 rings (SSSR count). The van der Waals surface area contributed by atoms with E-state index in [0.29, 0.717) is 17.4 Å². The molecule has 0 radical (unpaired) electrons. The van der Waals surface area contributed by atoms with E-state index in [-0.39, 0.29) is 5.91 Å². The van der Waals surface area contributed by atoms with Crippen LogP contribution in [0.3, 0.4) is 0 Å². The second kappa shape index (κ2) is 8.15. The van der Waals surface area contributed by atoms with Crippen molar-refractivity contribution in [2.75, 3.05) is 5.32 Å². The summed E-state index contributed by atoms with van der Waals surface area (Å²) < 4.78 is 5.94.